The number of carbonyl (C=O) groups excluding carboxylic acids is 1. The van der Waals surface area contributed by atoms with E-state index in [1.807, 2.05) is 11.8 Å². The monoisotopic (exact) mass is 309 g/mol. The standard InChI is InChI=1S/C14H23N5O3/c1-12-15-13(22-16-12)10-17-2-4-18(5-3-17)11-14(20)19-6-8-21-9-7-19/h2-11H2,1H3. The third kappa shape index (κ3) is 4.02. The Labute approximate surface area is 130 Å². The molecule has 0 spiro atoms. The zero-order valence-corrected chi connectivity index (χ0v) is 13.0. The molecule has 1 aromatic rings. The number of ether oxygens (including phenoxy) is 1. The smallest absolute Gasteiger partial charge is 0.240 e. The SMILES string of the molecule is Cc1noc(CN2CCN(CC(=O)N3CCOCC3)CC2)n1. The molecule has 2 aliphatic heterocycles. The van der Waals surface area contributed by atoms with Gasteiger partial charge in [-0.05, 0) is 6.92 Å². The molecule has 1 amide bonds. The lowest BCUT2D eigenvalue weighted by molar-refractivity contribution is -0.136. The van der Waals surface area contributed by atoms with Crippen LogP contribution in [-0.2, 0) is 16.1 Å². The van der Waals surface area contributed by atoms with Gasteiger partial charge >= 0.3 is 0 Å². The van der Waals surface area contributed by atoms with Crippen LogP contribution in [0.5, 0.6) is 0 Å². The number of aromatic nitrogens is 2. The van der Waals surface area contributed by atoms with Gasteiger partial charge in [-0.15, -0.1) is 0 Å². The van der Waals surface area contributed by atoms with Gasteiger partial charge in [-0.1, -0.05) is 5.16 Å². The molecule has 0 unspecified atom stereocenters. The minimum atomic E-state index is 0.212. The summed E-state index contributed by atoms with van der Waals surface area (Å²) in [6, 6.07) is 0. The molecular formula is C14H23N5O3. The van der Waals surface area contributed by atoms with Crippen LogP contribution < -0.4 is 0 Å². The molecule has 0 bridgehead atoms. The average molecular weight is 309 g/mol. The van der Waals surface area contributed by atoms with Crippen LogP contribution in [0.2, 0.25) is 0 Å². The van der Waals surface area contributed by atoms with E-state index in [-0.39, 0.29) is 5.91 Å². The van der Waals surface area contributed by atoms with Gasteiger partial charge in [-0.3, -0.25) is 14.6 Å². The van der Waals surface area contributed by atoms with Crippen molar-refractivity contribution in [3.63, 3.8) is 0 Å². The summed E-state index contributed by atoms with van der Waals surface area (Å²) in [4.78, 5) is 22.8. The number of carbonyl (C=O) groups is 1. The number of aryl methyl sites for hydroxylation is 1. The van der Waals surface area contributed by atoms with Gasteiger partial charge in [0.05, 0.1) is 26.3 Å². The van der Waals surface area contributed by atoms with E-state index in [1.165, 1.54) is 0 Å². The highest BCUT2D eigenvalue weighted by atomic mass is 16.5. The van der Waals surface area contributed by atoms with Gasteiger partial charge in [0.2, 0.25) is 11.8 Å². The first-order valence-corrected chi connectivity index (χ1v) is 7.80. The highest BCUT2D eigenvalue weighted by Gasteiger charge is 2.23. The summed E-state index contributed by atoms with van der Waals surface area (Å²) in [5.41, 5.74) is 0. The molecule has 2 saturated heterocycles. The number of piperazine rings is 1. The van der Waals surface area contributed by atoms with Crippen molar-refractivity contribution in [3.05, 3.63) is 11.7 Å². The van der Waals surface area contributed by atoms with Gasteiger partial charge in [0.15, 0.2) is 5.82 Å². The van der Waals surface area contributed by atoms with Crippen LogP contribution in [0.1, 0.15) is 11.7 Å². The maximum absolute atomic E-state index is 12.2. The van der Waals surface area contributed by atoms with E-state index in [9.17, 15) is 4.79 Å². The first-order valence-electron chi connectivity index (χ1n) is 7.80. The fraction of sp³-hybridized carbons (Fsp3) is 0.786. The number of morpholine rings is 1. The minimum Gasteiger partial charge on any atom is -0.378 e. The summed E-state index contributed by atoms with van der Waals surface area (Å²) in [6.45, 7) is 9.38. The summed E-state index contributed by atoms with van der Waals surface area (Å²) < 4.78 is 10.4. The largest absolute Gasteiger partial charge is 0.378 e. The normalized spacial score (nSPS) is 21.2. The van der Waals surface area contributed by atoms with Crippen molar-refractivity contribution in [2.75, 3.05) is 59.0 Å². The Morgan fingerprint density at radius 2 is 1.77 bits per heavy atom. The molecule has 0 saturated carbocycles. The van der Waals surface area contributed by atoms with E-state index in [0.29, 0.717) is 38.0 Å². The average Bonchev–Trinajstić information content (AvgIpc) is 2.95. The first kappa shape index (κ1) is 15.4. The Kier molecular flexibility index (Phi) is 5.01. The van der Waals surface area contributed by atoms with Gasteiger partial charge in [-0.2, -0.15) is 4.98 Å². The number of hydrogen-bond donors (Lipinski definition) is 0. The number of hydrogen-bond acceptors (Lipinski definition) is 7. The quantitative estimate of drug-likeness (QED) is 0.732. The zero-order chi connectivity index (χ0) is 15.4. The zero-order valence-electron chi connectivity index (χ0n) is 13.0. The van der Waals surface area contributed by atoms with Gasteiger partial charge in [0, 0.05) is 39.3 Å². The molecule has 0 aromatic carbocycles. The van der Waals surface area contributed by atoms with Gasteiger partial charge < -0.3 is 14.2 Å². The summed E-state index contributed by atoms with van der Waals surface area (Å²) in [7, 11) is 0. The van der Waals surface area contributed by atoms with Crippen molar-refractivity contribution in [1.29, 1.82) is 0 Å². The van der Waals surface area contributed by atoms with Crippen LogP contribution in [0, 0.1) is 6.92 Å². The molecular weight excluding hydrogens is 286 g/mol. The first-order chi connectivity index (χ1) is 10.7. The molecule has 3 heterocycles. The molecule has 0 atom stereocenters. The van der Waals surface area contributed by atoms with Crippen LogP contribution in [0.3, 0.4) is 0 Å². The summed E-state index contributed by atoms with van der Waals surface area (Å²) in [5, 5.41) is 3.80. The molecule has 2 fully saturated rings. The number of rotatable bonds is 4. The van der Waals surface area contributed by atoms with Gasteiger partial charge in [-0.25, -0.2) is 0 Å². The molecule has 22 heavy (non-hydrogen) atoms. The molecule has 0 N–H and O–H groups in total. The van der Waals surface area contributed by atoms with Crippen LogP contribution in [0.15, 0.2) is 4.52 Å². The van der Waals surface area contributed by atoms with E-state index in [2.05, 4.69) is 19.9 Å². The lowest BCUT2D eigenvalue weighted by Crippen LogP contribution is -2.51. The van der Waals surface area contributed by atoms with Crippen molar-refractivity contribution in [2.24, 2.45) is 0 Å². The lowest BCUT2D eigenvalue weighted by atomic mass is 10.3. The van der Waals surface area contributed by atoms with Crippen molar-refractivity contribution in [1.82, 2.24) is 24.8 Å². The second-order valence-corrected chi connectivity index (χ2v) is 5.78. The Balaban J connectivity index is 1.40. The van der Waals surface area contributed by atoms with E-state index < -0.39 is 0 Å². The molecule has 1 aromatic heterocycles. The Morgan fingerprint density at radius 1 is 1.09 bits per heavy atom. The maximum atomic E-state index is 12.2. The third-order valence-electron chi connectivity index (χ3n) is 4.12. The van der Waals surface area contributed by atoms with Crippen molar-refractivity contribution in [2.45, 2.75) is 13.5 Å². The summed E-state index contributed by atoms with van der Waals surface area (Å²) in [6.07, 6.45) is 0. The molecule has 122 valence electrons. The minimum absolute atomic E-state index is 0.212. The fourth-order valence-corrected chi connectivity index (χ4v) is 2.81. The second kappa shape index (κ2) is 7.17. The van der Waals surface area contributed by atoms with E-state index in [0.717, 1.165) is 39.3 Å². The molecule has 0 radical (unpaired) electrons. The molecule has 8 nitrogen and oxygen atoms in total. The van der Waals surface area contributed by atoms with Crippen molar-refractivity contribution in [3.8, 4) is 0 Å². The van der Waals surface area contributed by atoms with Crippen LogP contribution in [-0.4, -0.2) is 89.8 Å². The lowest BCUT2D eigenvalue weighted by Gasteiger charge is -2.35. The predicted octanol–water partition coefficient (Wildman–Crippen LogP) is -0.646. The molecule has 2 aliphatic rings. The Hall–Kier alpha value is -1.51. The predicted molar refractivity (Wildman–Crippen MR) is 78.2 cm³/mol. The van der Waals surface area contributed by atoms with Crippen molar-refractivity contribution < 1.29 is 14.1 Å². The van der Waals surface area contributed by atoms with Gasteiger partial charge in [0.25, 0.3) is 0 Å². The maximum Gasteiger partial charge on any atom is 0.240 e. The number of amides is 1. The number of nitrogens with zero attached hydrogens (tertiary/aromatic N) is 5. The molecule has 3 rings (SSSR count). The summed E-state index contributed by atoms with van der Waals surface area (Å²) >= 11 is 0. The van der Waals surface area contributed by atoms with Crippen LogP contribution >= 0.6 is 0 Å². The Bertz CT molecular complexity index is 492. The van der Waals surface area contributed by atoms with E-state index in [4.69, 9.17) is 9.26 Å². The topological polar surface area (TPSA) is 74.9 Å². The second-order valence-electron chi connectivity index (χ2n) is 5.78. The van der Waals surface area contributed by atoms with Crippen LogP contribution in [0.25, 0.3) is 0 Å². The Morgan fingerprint density at radius 3 is 2.41 bits per heavy atom. The van der Waals surface area contributed by atoms with Crippen molar-refractivity contribution >= 4 is 5.91 Å². The fourth-order valence-electron chi connectivity index (χ4n) is 2.81. The third-order valence-corrected chi connectivity index (χ3v) is 4.12. The summed E-state index contributed by atoms with van der Waals surface area (Å²) in [5.74, 6) is 1.55. The molecule has 0 aliphatic carbocycles. The highest BCUT2D eigenvalue weighted by Crippen LogP contribution is 2.08. The van der Waals surface area contributed by atoms with Crippen LogP contribution in [0.4, 0.5) is 0 Å². The van der Waals surface area contributed by atoms with E-state index >= 15 is 0 Å². The van der Waals surface area contributed by atoms with E-state index in [1.54, 1.807) is 0 Å². The highest BCUT2D eigenvalue weighted by molar-refractivity contribution is 5.78. The molecule has 8 heteroatoms. The van der Waals surface area contributed by atoms with Gasteiger partial charge in [0.1, 0.15) is 0 Å².